The molecular formula is C23H25NO5S. The average molecular weight is 428 g/mol. The smallest absolute Gasteiger partial charge is 0.295 e. The molecule has 6 nitrogen and oxygen atoms in total. The third-order valence-corrected chi connectivity index (χ3v) is 6.85. The highest BCUT2D eigenvalue weighted by Gasteiger charge is 2.47. The average Bonchev–Trinajstić information content (AvgIpc) is 3.45. The van der Waals surface area contributed by atoms with Crippen LogP contribution in [-0.4, -0.2) is 48.1 Å². The minimum absolute atomic E-state index is 0.0887. The first-order valence-electron chi connectivity index (χ1n) is 10.0. The van der Waals surface area contributed by atoms with E-state index < -0.39 is 17.7 Å². The van der Waals surface area contributed by atoms with Gasteiger partial charge in [-0.25, -0.2) is 0 Å². The van der Waals surface area contributed by atoms with Crippen molar-refractivity contribution in [2.45, 2.75) is 38.8 Å². The standard InChI is InChI=1S/C23H25NO5S/c1-13-8-10-30-22(13)19-18(20(25)15-6-7-17(28-3)14(2)11-15)21(26)23(27)24(19)12-16-5-4-9-29-16/h6-8,10-11,16,19,25H,4-5,9,12H2,1-3H3/b20-18-. The second kappa shape index (κ2) is 8.24. The van der Waals surface area contributed by atoms with E-state index in [0.29, 0.717) is 24.5 Å². The summed E-state index contributed by atoms with van der Waals surface area (Å²) in [6.07, 6.45) is 1.72. The first-order chi connectivity index (χ1) is 14.4. The molecule has 7 heteroatoms. The molecule has 2 aliphatic rings. The molecule has 2 saturated heterocycles. The van der Waals surface area contributed by atoms with Gasteiger partial charge in [-0.2, -0.15) is 0 Å². The molecule has 2 atom stereocenters. The Labute approximate surface area is 179 Å². The van der Waals surface area contributed by atoms with Gasteiger partial charge in [0.2, 0.25) is 0 Å². The van der Waals surface area contributed by atoms with Crippen LogP contribution >= 0.6 is 11.3 Å². The lowest BCUT2D eigenvalue weighted by Crippen LogP contribution is -2.36. The number of carbonyl (C=O) groups is 2. The van der Waals surface area contributed by atoms with E-state index in [4.69, 9.17) is 9.47 Å². The fraction of sp³-hybridized carbons (Fsp3) is 0.391. The summed E-state index contributed by atoms with van der Waals surface area (Å²) in [7, 11) is 1.58. The molecule has 2 aromatic rings. The molecule has 1 aromatic heterocycles. The third-order valence-electron chi connectivity index (χ3n) is 5.78. The van der Waals surface area contributed by atoms with Gasteiger partial charge in [0.1, 0.15) is 11.5 Å². The van der Waals surface area contributed by atoms with Crippen molar-refractivity contribution >= 4 is 28.8 Å². The Bertz CT molecular complexity index is 1020. The van der Waals surface area contributed by atoms with Crippen LogP contribution in [0.1, 0.15) is 40.5 Å². The number of ether oxygens (including phenoxy) is 2. The normalized spacial score (nSPS) is 23.4. The summed E-state index contributed by atoms with van der Waals surface area (Å²) in [5.41, 5.74) is 2.44. The van der Waals surface area contributed by atoms with E-state index in [1.54, 1.807) is 30.2 Å². The number of likely N-dealkylation sites (tertiary alicyclic amines) is 1. The first-order valence-corrected chi connectivity index (χ1v) is 10.9. The lowest BCUT2D eigenvalue weighted by Gasteiger charge is -2.27. The molecule has 0 spiro atoms. The molecule has 3 heterocycles. The first kappa shape index (κ1) is 20.6. The Morgan fingerprint density at radius 2 is 2.07 bits per heavy atom. The van der Waals surface area contributed by atoms with Crippen molar-refractivity contribution in [2.24, 2.45) is 0 Å². The molecule has 0 aliphatic carbocycles. The number of carbonyl (C=O) groups excluding carboxylic acids is 2. The number of nitrogens with zero attached hydrogens (tertiary/aromatic N) is 1. The van der Waals surface area contributed by atoms with Crippen molar-refractivity contribution in [3.8, 4) is 5.75 Å². The van der Waals surface area contributed by atoms with Crippen LogP contribution in [0.2, 0.25) is 0 Å². The molecule has 2 unspecified atom stereocenters. The van der Waals surface area contributed by atoms with Gasteiger partial charge in [-0.1, -0.05) is 0 Å². The zero-order chi connectivity index (χ0) is 21.4. The number of rotatable bonds is 5. The molecule has 1 N–H and O–H groups in total. The largest absolute Gasteiger partial charge is 0.507 e. The Hall–Kier alpha value is -2.64. The number of aryl methyl sites for hydroxylation is 2. The number of ketones is 1. The summed E-state index contributed by atoms with van der Waals surface area (Å²) in [4.78, 5) is 28.5. The third kappa shape index (κ3) is 3.52. The maximum atomic E-state index is 13.1. The van der Waals surface area contributed by atoms with Crippen LogP contribution in [0.4, 0.5) is 0 Å². The minimum Gasteiger partial charge on any atom is -0.507 e. The van der Waals surface area contributed by atoms with Gasteiger partial charge in [-0.3, -0.25) is 9.59 Å². The lowest BCUT2D eigenvalue weighted by atomic mass is 9.97. The van der Waals surface area contributed by atoms with Crippen LogP contribution in [-0.2, 0) is 14.3 Å². The number of amides is 1. The Morgan fingerprint density at radius 3 is 2.67 bits per heavy atom. The molecule has 30 heavy (non-hydrogen) atoms. The Morgan fingerprint density at radius 1 is 1.27 bits per heavy atom. The van der Waals surface area contributed by atoms with Gasteiger partial charge in [0, 0.05) is 23.6 Å². The lowest BCUT2D eigenvalue weighted by molar-refractivity contribution is -0.140. The maximum Gasteiger partial charge on any atom is 0.295 e. The van der Waals surface area contributed by atoms with Crippen molar-refractivity contribution in [3.63, 3.8) is 0 Å². The zero-order valence-corrected chi connectivity index (χ0v) is 18.1. The van der Waals surface area contributed by atoms with E-state index >= 15 is 0 Å². The van der Waals surface area contributed by atoms with Gasteiger partial charge in [0.05, 0.1) is 24.8 Å². The number of benzene rings is 1. The predicted molar refractivity (Wildman–Crippen MR) is 115 cm³/mol. The van der Waals surface area contributed by atoms with Crippen molar-refractivity contribution in [2.75, 3.05) is 20.3 Å². The number of hydrogen-bond acceptors (Lipinski definition) is 6. The van der Waals surface area contributed by atoms with Crippen LogP contribution in [0, 0.1) is 13.8 Å². The van der Waals surface area contributed by atoms with Crippen molar-refractivity contribution in [1.29, 1.82) is 0 Å². The van der Waals surface area contributed by atoms with Crippen molar-refractivity contribution < 1.29 is 24.2 Å². The number of hydrogen-bond donors (Lipinski definition) is 1. The number of aliphatic hydroxyl groups is 1. The molecular weight excluding hydrogens is 402 g/mol. The van der Waals surface area contributed by atoms with Gasteiger partial charge < -0.3 is 19.5 Å². The quantitative estimate of drug-likeness (QED) is 0.444. The van der Waals surface area contributed by atoms with Crippen LogP contribution in [0.3, 0.4) is 0 Å². The second-order valence-corrected chi connectivity index (χ2v) is 8.69. The summed E-state index contributed by atoms with van der Waals surface area (Å²) in [5.74, 6) is -0.713. The number of Topliss-reactive ketones (excluding diaryl/α,β-unsaturated/α-hetero) is 1. The minimum atomic E-state index is -0.656. The summed E-state index contributed by atoms with van der Waals surface area (Å²) in [5, 5.41) is 13.1. The number of thiophene rings is 1. The molecule has 0 radical (unpaired) electrons. The molecule has 0 bridgehead atoms. The Kier molecular flexibility index (Phi) is 5.66. The van der Waals surface area contributed by atoms with Gasteiger partial charge >= 0.3 is 0 Å². The summed E-state index contributed by atoms with van der Waals surface area (Å²) >= 11 is 1.49. The van der Waals surface area contributed by atoms with E-state index in [9.17, 15) is 14.7 Å². The fourth-order valence-electron chi connectivity index (χ4n) is 4.19. The predicted octanol–water partition coefficient (Wildman–Crippen LogP) is 3.97. The van der Waals surface area contributed by atoms with Crippen molar-refractivity contribution in [1.82, 2.24) is 4.90 Å². The summed E-state index contributed by atoms with van der Waals surface area (Å²) < 4.78 is 11.0. The molecule has 2 fully saturated rings. The SMILES string of the molecule is COc1ccc(/C(O)=C2/C(=O)C(=O)N(CC3CCCO3)C2c2sccc2C)cc1C. The Balaban J connectivity index is 1.82. The van der Waals surface area contributed by atoms with Gasteiger partial charge in [0.15, 0.2) is 0 Å². The van der Waals surface area contributed by atoms with Gasteiger partial charge in [0.25, 0.3) is 11.7 Å². The van der Waals surface area contributed by atoms with E-state index in [0.717, 1.165) is 28.8 Å². The highest BCUT2D eigenvalue weighted by Crippen LogP contribution is 2.43. The van der Waals surface area contributed by atoms with E-state index in [1.807, 2.05) is 25.3 Å². The monoisotopic (exact) mass is 427 g/mol. The maximum absolute atomic E-state index is 13.1. The molecule has 1 amide bonds. The van der Waals surface area contributed by atoms with Crippen LogP contribution in [0.5, 0.6) is 5.75 Å². The van der Waals surface area contributed by atoms with Crippen LogP contribution in [0.15, 0.2) is 35.2 Å². The summed E-state index contributed by atoms with van der Waals surface area (Å²) in [6.45, 7) is 4.83. The van der Waals surface area contributed by atoms with E-state index in [2.05, 4.69) is 0 Å². The van der Waals surface area contributed by atoms with Gasteiger partial charge in [-0.15, -0.1) is 11.3 Å². The second-order valence-electron chi connectivity index (χ2n) is 7.74. The van der Waals surface area contributed by atoms with Gasteiger partial charge in [-0.05, 0) is 67.5 Å². The topological polar surface area (TPSA) is 76.1 Å². The van der Waals surface area contributed by atoms with E-state index in [-0.39, 0.29) is 17.4 Å². The highest BCUT2D eigenvalue weighted by atomic mass is 32.1. The van der Waals surface area contributed by atoms with Crippen LogP contribution in [0.25, 0.3) is 5.76 Å². The fourth-order valence-corrected chi connectivity index (χ4v) is 5.24. The number of aliphatic hydroxyl groups excluding tert-OH is 1. The zero-order valence-electron chi connectivity index (χ0n) is 17.3. The molecule has 0 saturated carbocycles. The van der Waals surface area contributed by atoms with E-state index in [1.165, 1.54) is 11.3 Å². The summed E-state index contributed by atoms with van der Waals surface area (Å²) in [6, 6.07) is 6.56. The van der Waals surface area contributed by atoms with Crippen LogP contribution < -0.4 is 4.74 Å². The highest BCUT2D eigenvalue weighted by molar-refractivity contribution is 7.10. The number of methoxy groups -OCH3 is 1. The molecule has 1 aromatic carbocycles. The molecule has 2 aliphatic heterocycles. The molecule has 158 valence electrons. The van der Waals surface area contributed by atoms with Crippen molar-refractivity contribution in [3.05, 3.63) is 56.8 Å². The molecule has 4 rings (SSSR count).